The fourth-order valence-electron chi connectivity index (χ4n) is 3.31. The maximum absolute atomic E-state index is 11.0. The van der Waals surface area contributed by atoms with E-state index in [1.807, 2.05) is 0 Å². The van der Waals surface area contributed by atoms with Gasteiger partial charge in [-0.05, 0) is 67.3 Å². The highest BCUT2D eigenvalue weighted by Crippen LogP contribution is 2.30. The van der Waals surface area contributed by atoms with Gasteiger partial charge in [0.15, 0.2) is 0 Å². The summed E-state index contributed by atoms with van der Waals surface area (Å²) in [5.74, 6) is -0.726. The molecule has 1 aliphatic rings. The minimum Gasteiger partial charge on any atom is -0.481 e. The van der Waals surface area contributed by atoms with Crippen LogP contribution in [0.15, 0.2) is 18.2 Å². The number of carbonyl (C=O) groups is 1. The maximum atomic E-state index is 11.0. The van der Waals surface area contributed by atoms with Crippen LogP contribution < -0.4 is 0 Å². The van der Waals surface area contributed by atoms with Crippen molar-refractivity contribution in [3.8, 4) is 0 Å². The lowest BCUT2D eigenvalue weighted by Gasteiger charge is -2.21. The van der Waals surface area contributed by atoms with E-state index in [4.69, 9.17) is 10.1 Å². The van der Waals surface area contributed by atoms with Crippen LogP contribution in [0.3, 0.4) is 0 Å². The lowest BCUT2D eigenvalue weighted by molar-refractivity contribution is -0.136. The molecule has 1 N–H and O–H groups in total. The molecular formula is C18H21NO2. The van der Waals surface area contributed by atoms with E-state index in [1.54, 1.807) is 0 Å². The van der Waals surface area contributed by atoms with Gasteiger partial charge >= 0.3 is 5.97 Å². The molecule has 0 saturated heterocycles. The monoisotopic (exact) mass is 283 g/mol. The van der Waals surface area contributed by atoms with Gasteiger partial charge in [0.05, 0.1) is 5.52 Å². The minimum absolute atomic E-state index is 0.196. The average Bonchev–Trinajstić information content (AvgIpc) is 2.50. The molecule has 1 aromatic heterocycles. The van der Waals surface area contributed by atoms with Gasteiger partial charge in [-0.1, -0.05) is 13.0 Å². The van der Waals surface area contributed by atoms with Crippen LogP contribution in [0.2, 0.25) is 0 Å². The number of hydrogen-bond acceptors (Lipinski definition) is 2. The summed E-state index contributed by atoms with van der Waals surface area (Å²) < 4.78 is 0. The number of aryl methyl sites for hydroxylation is 3. The van der Waals surface area contributed by atoms with Crippen molar-refractivity contribution < 1.29 is 9.90 Å². The maximum Gasteiger partial charge on any atom is 0.303 e. The zero-order valence-corrected chi connectivity index (χ0v) is 12.5. The summed E-state index contributed by atoms with van der Waals surface area (Å²) in [5, 5.41) is 10.2. The summed E-state index contributed by atoms with van der Waals surface area (Å²) in [4.78, 5) is 15.8. The molecule has 3 heteroatoms. The number of fused-ring (bicyclic) bond motifs is 2. The highest BCUT2D eigenvalue weighted by molar-refractivity contribution is 5.85. The number of nitrogens with zero attached hydrogens (tertiary/aromatic N) is 1. The lowest BCUT2D eigenvalue weighted by Crippen LogP contribution is -2.11. The Morgan fingerprint density at radius 3 is 2.86 bits per heavy atom. The zero-order chi connectivity index (χ0) is 14.8. The third-order valence-corrected chi connectivity index (χ3v) is 4.44. The second-order valence-corrected chi connectivity index (χ2v) is 5.82. The predicted octanol–water partition coefficient (Wildman–Crippen LogP) is 3.69. The van der Waals surface area contributed by atoms with E-state index >= 15 is 0 Å². The summed E-state index contributed by atoms with van der Waals surface area (Å²) in [7, 11) is 0. The summed E-state index contributed by atoms with van der Waals surface area (Å²) in [6, 6.07) is 6.42. The van der Waals surface area contributed by atoms with Crippen molar-refractivity contribution in [2.24, 2.45) is 0 Å². The standard InChI is InChI=1S/C18H21NO2/c1-2-12-7-9-17-15(11-12)13(8-10-18(20)21)14-5-3-4-6-16(14)19-17/h7,9,11H,2-6,8,10H2,1H3,(H,20,21). The first-order chi connectivity index (χ1) is 10.2. The van der Waals surface area contributed by atoms with Crippen LogP contribution in [0, 0.1) is 0 Å². The molecule has 0 aliphatic heterocycles. The van der Waals surface area contributed by atoms with Crippen molar-refractivity contribution in [1.82, 2.24) is 4.98 Å². The molecule has 0 unspecified atom stereocenters. The van der Waals surface area contributed by atoms with Crippen LogP contribution in [0.5, 0.6) is 0 Å². The van der Waals surface area contributed by atoms with Crippen molar-refractivity contribution in [3.05, 3.63) is 40.6 Å². The van der Waals surface area contributed by atoms with E-state index in [0.717, 1.165) is 30.2 Å². The molecular weight excluding hydrogens is 262 g/mol. The quantitative estimate of drug-likeness (QED) is 0.931. The third kappa shape index (κ3) is 2.78. The fraction of sp³-hybridized carbons (Fsp3) is 0.444. The van der Waals surface area contributed by atoms with Crippen molar-refractivity contribution >= 4 is 16.9 Å². The van der Waals surface area contributed by atoms with Gasteiger partial charge in [-0.3, -0.25) is 9.78 Å². The smallest absolute Gasteiger partial charge is 0.303 e. The Bertz CT molecular complexity index is 691. The minimum atomic E-state index is -0.726. The molecule has 110 valence electrons. The summed E-state index contributed by atoms with van der Waals surface area (Å²) in [6.07, 6.45) is 6.26. The Hall–Kier alpha value is -1.90. The Labute approximate surface area is 125 Å². The molecule has 0 radical (unpaired) electrons. The van der Waals surface area contributed by atoms with Gasteiger partial charge in [-0.2, -0.15) is 0 Å². The summed E-state index contributed by atoms with van der Waals surface area (Å²) in [6.45, 7) is 2.14. The Morgan fingerprint density at radius 1 is 1.29 bits per heavy atom. The van der Waals surface area contributed by atoms with Crippen molar-refractivity contribution in [2.75, 3.05) is 0 Å². The Balaban J connectivity index is 2.18. The summed E-state index contributed by atoms with van der Waals surface area (Å²) in [5.41, 5.74) is 6.05. The van der Waals surface area contributed by atoms with Crippen LogP contribution in [-0.2, 0) is 30.5 Å². The molecule has 3 nitrogen and oxygen atoms in total. The van der Waals surface area contributed by atoms with Gasteiger partial charge in [0.25, 0.3) is 0 Å². The van der Waals surface area contributed by atoms with Gasteiger partial charge in [-0.25, -0.2) is 0 Å². The SMILES string of the molecule is CCc1ccc2nc3c(c(CCC(=O)O)c2c1)CCCC3. The molecule has 0 fully saturated rings. The van der Waals surface area contributed by atoms with Gasteiger partial charge in [0, 0.05) is 17.5 Å². The van der Waals surface area contributed by atoms with Crippen molar-refractivity contribution in [1.29, 1.82) is 0 Å². The van der Waals surface area contributed by atoms with E-state index in [-0.39, 0.29) is 6.42 Å². The Kier molecular flexibility index (Phi) is 3.91. The van der Waals surface area contributed by atoms with Gasteiger partial charge in [-0.15, -0.1) is 0 Å². The number of aliphatic carboxylic acids is 1. The van der Waals surface area contributed by atoms with E-state index in [1.165, 1.54) is 35.2 Å². The molecule has 2 aromatic rings. The number of carboxylic acid groups (broad SMARTS) is 1. The molecule has 0 amide bonds. The molecule has 1 aromatic carbocycles. The first kappa shape index (κ1) is 14.1. The molecule has 0 spiro atoms. The van der Waals surface area contributed by atoms with Gasteiger partial charge < -0.3 is 5.11 Å². The number of carboxylic acids is 1. The zero-order valence-electron chi connectivity index (χ0n) is 12.5. The fourth-order valence-corrected chi connectivity index (χ4v) is 3.31. The van der Waals surface area contributed by atoms with Crippen LogP contribution in [0.1, 0.15) is 48.6 Å². The van der Waals surface area contributed by atoms with Crippen LogP contribution in [0.25, 0.3) is 10.9 Å². The van der Waals surface area contributed by atoms with Crippen molar-refractivity contribution in [2.45, 2.75) is 51.9 Å². The van der Waals surface area contributed by atoms with Gasteiger partial charge in [0.1, 0.15) is 0 Å². The predicted molar refractivity (Wildman–Crippen MR) is 83.7 cm³/mol. The molecule has 0 atom stereocenters. The first-order valence-electron chi connectivity index (χ1n) is 7.84. The summed E-state index contributed by atoms with van der Waals surface area (Å²) >= 11 is 0. The van der Waals surface area contributed by atoms with Crippen LogP contribution in [-0.4, -0.2) is 16.1 Å². The van der Waals surface area contributed by atoms with Crippen LogP contribution in [0.4, 0.5) is 0 Å². The number of benzene rings is 1. The van der Waals surface area contributed by atoms with E-state index < -0.39 is 5.97 Å². The van der Waals surface area contributed by atoms with Gasteiger partial charge in [0.2, 0.25) is 0 Å². The Morgan fingerprint density at radius 2 is 2.10 bits per heavy atom. The molecule has 1 heterocycles. The van der Waals surface area contributed by atoms with Crippen molar-refractivity contribution in [3.63, 3.8) is 0 Å². The van der Waals surface area contributed by atoms with E-state index in [2.05, 4.69) is 25.1 Å². The molecule has 3 rings (SSSR count). The number of rotatable bonds is 4. The second kappa shape index (κ2) is 5.84. The number of hydrogen-bond donors (Lipinski definition) is 1. The van der Waals surface area contributed by atoms with E-state index in [0.29, 0.717) is 6.42 Å². The average molecular weight is 283 g/mol. The molecule has 1 aliphatic carbocycles. The van der Waals surface area contributed by atoms with Crippen LogP contribution >= 0.6 is 0 Å². The lowest BCUT2D eigenvalue weighted by atomic mass is 9.87. The highest BCUT2D eigenvalue weighted by atomic mass is 16.4. The number of pyridine rings is 1. The molecule has 21 heavy (non-hydrogen) atoms. The highest BCUT2D eigenvalue weighted by Gasteiger charge is 2.18. The number of aromatic nitrogens is 1. The first-order valence-corrected chi connectivity index (χ1v) is 7.84. The largest absolute Gasteiger partial charge is 0.481 e. The topological polar surface area (TPSA) is 50.2 Å². The second-order valence-electron chi connectivity index (χ2n) is 5.82. The molecule has 0 saturated carbocycles. The third-order valence-electron chi connectivity index (χ3n) is 4.44. The normalized spacial score (nSPS) is 14.1. The van der Waals surface area contributed by atoms with E-state index in [9.17, 15) is 4.79 Å². The molecule has 0 bridgehead atoms.